The molecule has 0 aromatic heterocycles. The molecule has 0 radical (unpaired) electrons. The standard InChI is InChI=1S/C8H11ClN2/c1-5(10)7-3-2-6(9)4-8(7)11/h2-5H,10-11H2,1H3. The second-order valence-electron chi connectivity index (χ2n) is 2.56. The molecule has 1 atom stereocenters. The molecule has 0 fully saturated rings. The molecule has 0 aliphatic rings. The lowest BCUT2D eigenvalue weighted by molar-refractivity contribution is 0.821. The van der Waals surface area contributed by atoms with Gasteiger partial charge in [-0.05, 0) is 24.6 Å². The third-order valence-electron chi connectivity index (χ3n) is 1.54. The third kappa shape index (κ3) is 1.85. The van der Waals surface area contributed by atoms with Crippen LogP contribution in [0.1, 0.15) is 18.5 Å². The molecule has 0 heterocycles. The predicted octanol–water partition coefficient (Wildman–Crippen LogP) is 1.94. The topological polar surface area (TPSA) is 52.0 Å². The number of halogens is 1. The first kappa shape index (κ1) is 8.37. The Morgan fingerprint density at radius 2 is 2.09 bits per heavy atom. The van der Waals surface area contributed by atoms with Gasteiger partial charge in [-0.3, -0.25) is 0 Å². The Labute approximate surface area is 71.1 Å². The first-order valence-electron chi connectivity index (χ1n) is 3.42. The molecule has 3 heteroatoms. The van der Waals surface area contributed by atoms with Gasteiger partial charge in [-0.15, -0.1) is 0 Å². The van der Waals surface area contributed by atoms with Gasteiger partial charge in [0.2, 0.25) is 0 Å². The summed E-state index contributed by atoms with van der Waals surface area (Å²) in [5.41, 5.74) is 12.9. The van der Waals surface area contributed by atoms with Crippen molar-refractivity contribution in [3.63, 3.8) is 0 Å². The lowest BCUT2D eigenvalue weighted by atomic mass is 10.1. The van der Waals surface area contributed by atoms with Gasteiger partial charge in [0.15, 0.2) is 0 Å². The Bertz CT molecular complexity index is 258. The minimum atomic E-state index is -0.0349. The number of hydrogen-bond acceptors (Lipinski definition) is 2. The molecule has 2 nitrogen and oxygen atoms in total. The van der Waals surface area contributed by atoms with Crippen LogP contribution in [0.2, 0.25) is 5.02 Å². The van der Waals surface area contributed by atoms with Crippen LogP contribution >= 0.6 is 11.6 Å². The predicted molar refractivity (Wildman–Crippen MR) is 48.5 cm³/mol. The fraction of sp³-hybridized carbons (Fsp3) is 0.250. The molecule has 0 saturated carbocycles. The molecule has 1 aromatic carbocycles. The largest absolute Gasteiger partial charge is 0.398 e. The monoisotopic (exact) mass is 170 g/mol. The summed E-state index contributed by atoms with van der Waals surface area (Å²) >= 11 is 5.70. The van der Waals surface area contributed by atoms with Gasteiger partial charge in [0.1, 0.15) is 0 Å². The highest BCUT2D eigenvalue weighted by molar-refractivity contribution is 6.30. The highest BCUT2D eigenvalue weighted by Gasteiger charge is 2.03. The maximum atomic E-state index is 5.70. The molecule has 60 valence electrons. The van der Waals surface area contributed by atoms with Crippen LogP contribution < -0.4 is 11.5 Å². The van der Waals surface area contributed by atoms with E-state index in [4.69, 9.17) is 23.1 Å². The number of rotatable bonds is 1. The minimum absolute atomic E-state index is 0.0349. The van der Waals surface area contributed by atoms with Crippen molar-refractivity contribution in [2.45, 2.75) is 13.0 Å². The van der Waals surface area contributed by atoms with Crippen LogP contribution in [0.25, 0.3) is 0 Å². The van der Waals surface area contributed by atoms with Gasteiger partial charge in [-0.2, -0.15) is 0 Å². The third-order valence-corrected chi connectivity index (χ3v) is 1.77. The van der Waals surface area contributed by atoms with E-state index in [9.17, 15) is 0 Å². The summed E-state index contributed by atoms with van der Waals surface area (Å²) in [4.78, 5) is 0. The number of hydrogen-bond donors (Lipinski definition) is 2. The van der Waals surface area contributed by atoms with Crippen molar-refractivity contribution in [3.05, 3.63) is 28.8 Å². The van der Waals surface area contributed by atoms with Crippen molar-refractivity contribution in [1.82, 2.24) is 0 Å². The molecule has 0 saturated heterocycles. The molecule has 0 amide bonds. The van der Waals surface area contributed by atoms with E-state index in [2.05, 4.69) is 0 Å². The van der Waals surface area contributed by atoms with Crippen molar-refractivity contribution in [2.24, 2.45) is 5.73 Å². The maximum Gasteiger partial charge on any atom is 0.0426 e. The summed E-state index contributed by atoms with van der Waals surface area (Å²) < 4.78 is 0. The van der Waals surface area contributed by atoms with E-state index in [0.717, 1.165) is 5.56 Å². The molecule has 11 heavy (non-hydrogen) atoms. The zero-order chi connectivity index (χ0) is 8.43. The first-order chi connectivity index (χ1) is 5.11. The molecular weight excluding hydrogens is 160 g/mol. The highest BCUT2D eigenvalue weighted by atomic mass is 35.5. The summed E-state index contributed by atoms with van der Waals surface area (Å²) in [7, 11) is 0. The second-order valence-corrected chi connectivity index (χ2v) is 3.00. The Balaban J connectivity index is 3.09. The Kier molecular flexibility index (Phi) is 2.37. The van der Waals surface area contributed by atoms with E-state index < -0.39 is 0 Å². The Morgan fingerprint density at radius 1 is 1.45 bits per heavy atom. The molecule has 0 aliphatic carbocycles. The summed E-state index contributed by atoms with van der Waals surface area (Å²) in [6.45, 7) is 1.89. The van der Waals surface area contributed by atoms with E-state index in [1.807, 2.05) is 13.0 Å². The summed E-state index contributed by atoms with van der Waals surface area (Å²) in [6.07, 6.45) is 0. The Hall–Kier alpha value is -0.730. The summed E-state index contributed by atoms with van der Waals surface area (Å²) in [5, 5.41) is 0.645. The molecule has 1 rings (SSSR count). The lowest BCUT2D eigenvalue weighted by Crippen LogP contribution is -2.07. The van der Waals surface area contributed by atoms with Gasteiger partial charge in [0, 0.05) is 16.8 Å². The molecule has 1 aromatic rings. The van der Waals surface area contributed by atoms with Crippen molar-refractivity contribution >= 4 is 17.3 Å². The zero-order valence-electron chi connectivity index (χ0n) is 6.34. The molecule has 1 unspecified atom stereocenters. The van der Waals surface area contributed by atoms with Crippen LogP contribution in [0.15, 0.2) is 18.2 Å². The smallest absolute Gasteiger partial charge is 0.0426 e. The van der Waals surface area contributed by atoms with Crippen LogP contribution in [0.5, 0.6) is 0 Å². The minimum Gasteiger partial charge on any atom is -0.398 e. The quantitative estimate of drug-likeness (QED) is 0.633. The average Bonchev–Trinajstić information content (AvgIpc) is 1.85. The first-order valence-corrected chi connectivity index (χ1v) is 3.79. The van der Waals surface area contributed by atoms with Crippen molar-refractivity contribution in [1.29, 1.82) is 0 Å². The summed E-state index contributed by atoms with van der Waals surface area (Å²) in [6, 6.07) is 5.31. The van der Waals surface area contributed by atoms with Gasteiger partial charge in [-0.25, -0.2) is 0 Å². The van der Waals surface area contributed by atoms with E-state index in [-0.39, 0.29) is 6.04 Å². The molecule has 0 spiro atoms. The van der Waals surface area contributed by atoms with Crippen LogP contribution in [-0.4, -0.2) is 0 Å². The number of benzene rings is 1. The number of nitrogen functional groups attached to an aromatic ring is 1. The molecule has 0 bridgehead atoms. The lowest BCUT2D eigenvalue weighted by Gasteiger charge is -2.08. The highest BCUT2D eigenvalue weighted by Crippen LogP contribution is 2.21. The SMILES string of the molecule is CC(N)c1ccc(Cl)cc1N. The number of anilines is 1. The van der Waals surface area contributed by atoms with Crippen LogP contribution in [0, 0.1) is 0 Å². The summed E-state index contributed by atoms with van der Waals surface area (Å²) in [5.74, 6) is 0. The van der Waals surface area contributed by atoms with Crippen LogP contribution in [0.3, 0.4) is 0 Å². The van der Waals surface area contributed by atoms with Gasteiger partial charge < -0.3 is 11.5 Å². The van der Waals surface area contributed by atoms with E-state index >= 15 is 0 Å². The van der Waals surface area contributed by atoms with Crippen LogP contribution in [0.4, 0.5) is 5.69 Å². The Morgan fingerprint density at radius 3 is 2.55 bits per heavy atom. The van der Waals surface area contributed by atoms with Crippen LogP contribution in [-0.2, 0) is 0 Å². The van der Waals surface area contributed by atoms with E-state index in [1.54, 1.807) is 12.1 Å². The van der Waals surface area contributed by atoms with Crippen molar-refractivity contribution in [3.8, 4) is 0 Å². The van der Waals surface area contributed by atoms with Gasteiger partial charge in [0.05, 0.1) is 0 Å². The molecule has 4 N–H and O–H groups in total. The van der Waals surface area contributed by atoms with Gasteiger partial charge in [-0.1, -0.05) is 17.7 Å². The van der Waals surface area contributed by atoms with E-state index in [0.29, 0.717) is 10.7 Å². The fourth-order valence-electron chi connectivity index (χ4n) is 0.960. The van der Waals surface area contributed by atoms with Crippen molar-refractivity contribution < 1.29 is 0 Å². The maximum absolute atomic E-state index is 5.70. The van der Waals surface area contributed by atoms with Gasteiger partial charge in [0.25, 0.3) is 0 Å². The zero-order valence-corrected chi connectivity index (χ0v) is 7.10. The average molecular weight is 171 g/mol. The molecule has 0 aliphatic heterocycles. The molecular formula is C8H11ClN2. The van der Waals surface area contributed by atoms with Gasteiger partial charge >= 0.3 is 0 Å². The number of nitrogens with two attached hydrogens (primary N) is 2. The van der Waals surface area contributed by atoms with E-state index in [1.165, 1.54) is 0 Å². The normalized spacial score (nSPS) is 13.0. The fourth-order valence-corrected chi connectivity index (χ4v) is 1.14. The van der Waals surface area contributed by atoms with Crippen molar-refractivity contribution in [2.75, 3.05) is 5.73 Å². The second kappa shape index (κ2) is 3.11.